The zero-order chi connectivity index (χ0) is 24.1. The number of hydrogen-bond acceptors (Lipinski definition) is 1. The van der Waals surface area contributed by atoms with Crippen molar-refractivity contribution in [3.05, 3.63) is 108 Å². The minimum atomic E-state index is -0.269. The standard InChI is InChI=1S/C30H29F2N2.HI/c1-4-19-33(2)28-16-5-22(6-17-28)7-18-29-20-25(23-8-12-26(31)13-9-23)21-30(34(29)3)24-10-14-27(32)15-11-24;/h5-18,20-21H,4,19H2,1-3H3;1H/q+1;/p-1. The van der Waals surface area contributed by atoms with Gasteiger partial charge in [0.15, 0.2) is 0 Å². The first-order chi connectivity index (χ1) is 16.4. The molecule has 1 heterocycles. The molecule has 0 aliphatic heterocycles. The van der Waals surface area contributed by atoms with Gasteiger partial charge in [0, 0.05) is 43.1 Å². The van der Waals surface area contributed by atoms with Crippen molar-refractivity contribution < 1.29 is 37.3 Å². The summed E-state index contributed by atoms with van der Waals surface area (Å²) < 4.78 is 29.1. The molecule has 180 valence electrons. The summed E-state index contributed by atoms with van der Waals surface area (Å²) in [5, 5.41) is 0. The summed E-state index contributed by atoms with van der Waals surface area (Å²) in [7, 11) is 4.10. The summed E-state index contributed by atoms with van der Waals surface area (Å²) in [6.07, 6.45) is 5.27. The molecule has 0 saturated heterocycles. The van der Waals surface area contributed by atoms with Crippen LogP contribution in [0.5, 0.6) is 0 Å². The lowest BCUT2D eigenvalue weighted by Crippen LogP contribution is -3.00. The number of benzene rings is 3. The van der Waals surface area contributed by atoms with E-state index in [2.05, 4.69) is 72.0 Å². The molecule has 0 atom stereocenters. The molecule has 2 nitrogen and oxygen atoms in total. The zero-order valence-corrected chi connectivity index (χ0v) is 22.3. The first kappa shape index (κ1) is 26.5. The SMILES string of the molecule is CCCN(C)c1ccc(/C=C/c2cc(-c3ccc(F)cc3)cc(-c3ccc(F)cc3)[n+]2C)cc1.[I-]. The van der Waals surface area contributed by atoms with Crippen LogP contribution < -0.4 is 33.4 Å². The maximum atomic E-state index is 13.5. The quantitative estimate of drug-likeness (QED) is 0.235. The van der Waals surface area contributed by atoms with E-state index in [9.17, 15) is 8.78 Å². The van der Waals surface area contributed by atoms with Crippen molar-refractivity contribution in [2.45, 2.75) is 13.3 Å². The molecular formula is C30H29F2IN2. The molecule has 35 heavy (non-hydrogen) atoms. The molecule has 4 aromatic rings. The average molecular weight is 582 g/mol. The first-order valence-corrected chi connectivity index (χ1v) is 11.5. The van der Waals surface area contributed by atoms with E-state index in [0.29, 0.717) is 0 Å². The molecule has 0 aliphatic rings. The number of hydrogen-bond donors (Lipinski definition) is 0. The van der Waals surface area contributed by atoms with Crippen molar-refractivity contribution >= 4 is 17.8 Å². The fraction of sp³-hybridized carbons (Fsp3) is 0.167. The van der Waals surface area contributed by atoms with Crippen LogP contribution in [0, 0.1) is 11.6 Å². The Bertz CT molecular complexity index is 1280. The first-order valence-electron chi connectivity index (χ1n) is 11.5. The van der Waals surface area contributed by atoms with E-state index in [1.54, 1.807) is 24.3 Å². The Morgan fingerprint density at radius 3 is 1.89 bits per heavy atom. The highest BCUT2D eigenvalue weighted by atomic mass is 127. The third-order valence-corrected chi connectivity index (χ3v) is 6.00. The highest BCUT2D eigenvalue weighted by Crippen LogP contribution is 2.26. The lowest BCUT2D eigenvalue weighted by Gasteiger charge is -2.18. The van der Waals surface area contributed by atoms with Gasteiger partial charge >= 0.3 is 0 Å². The molecule has 0 unspecified atom stereocenters. The zero-order valence-electron chi connectivity index (χ0n) is 20.2. The molecule has 0 bridgehead atoms. The number of halogens is 3. The fourth-order valence-electron chi connectivity index (χ4n) is 4.03. The van der Waals surface area contributed by atoms with Crippen LogP contribution >= 0.6 is 0 Å². The van der Waals surface area contributed by atoms with Crippen molar-refractivity contribution in [3.63, 3.8) is 0 Å². The lowest BCUT2D eigenvalue weighted by molar-refractivity contribution is -0.662. The summed E-state index contributed by atoms with van der Waals surface area (Å²) in [6.45, 7) is 3.20. The molecule has 0 amide bonds. The Morgan fingerprint density at radius 2 is 1.31 bits per heavy atom. The maximum absolute atomic E-state index is 13.5. The van der Waals surface area contributed by atoms with Gasteiger partial charge in [-0.05, 0) is 77.7 Å². The number of anilines is 1. The number of rotatable bonds is 7. The summed E-state index contributed by atoms with van der Waals surface area (Å²) in [5.74, 6) is -0.536. The van der Waals surface area contributed by atoms with E-state index < -0.39 is 0 Å². The normalized spacial score (nSPS) is 10.9. The highest BCUT2D eigenvalue weighted by Gasteiger charge is 2.17. The van der Waals surface area contributed by atoms with Gasteiger partial charge in [0.1, 0.15) is 18.7 Å². The predicted octanol–water partition coefficient (Wildman–Crippen LogP) is 4.14. The second kappa shape index (κ2) is 12.1. The Balaban J connectivity index is 0.00000342. The Hall–Kier alpha value is -3.06. The monoisotopic (exact) mass is 582 g/mol. The molecule has 3 aromatic carbocycles. The van der Waals surface area contributed by atoms with Gasteiger partial charge in [-0.25, -0.2) is 8.78 Å². The summed E-state index contributed by atoms with van der Waals surface area (Å²) >= 11 is 0. The van der Waals surface area contributed by atoms with Gasteiger partial charge in [0.05, 0.1) is 0 Å². The van der Waals surface area contributed by atoms with E-state index in [1.807, 2.05) is 7.05 Å². The van der Waals surface area contributed by atoms with Crippen LogP contribution in [0.3, 0.4) is 0 Å². The van der Waals surface area contributed by atoms with E-state index in [0.717, 1.165) is 46.6 Å². The smallest absolute Gasteiger partial charge is 0.213 e. The van der Waals surface area contributed by atoms with Gasteiger partial charge < -0.3 is 28.9 Å². The van der Waals surface area contributed by atoms with Crippen molar-refractivity contribution in [2.75, 3.05) is 18.5 Å². The fourth-order valence-corrected chi connectivity index (χ4v) is 4.03. The van der Waals surface area contributed by atoms with Gasteiger partial charge in [-0.15, -0.1) is 0 Å². The van der Waals surface area contributed by atoms with Gasteiger partial charge in [0.2, 0.25) is 11.4 Å². The molecule has 0 fully saturated rings. The van der Waals surface area contributed by atoms with Gasteiger partial charge in [-0.3, -0.25) is 0 Å². The number of aromatic nitrogens is 1. The van der Waals surface area contributed by atoms with Gasteiger partial charge in [-0.1, -0.05) is 31.2 Å². The van der Waals surface area contributed by atoms with Gasteiger partial charge in [0.25, 0.3) is 0 Å². The van der Waals surface area contributed by atoms with E-state index >= 15 is 0 Å². The minimum Gasteiger partial charge on any atom is -1.00 e. The summed E-state index contributed by atoms with van der Waals surface area (Å²) in [5.41, 5.74) is 7.01. The predicted molar refractivity (Wildman–Crippen MR) is 137 cm³/mol. The molecular weight excluding hydrogens is 553 g/mol. The van der Waals surface area contributed by atoms with Crippen LogP contribution in [0.2, 0.25) is 0 Å². The summed E-state index contributed by atoms with van der Waals surface area (Å²) in [4.78, 5) is 2.24. The molecule has 0 aliphatic carbocycles. The third kappa shape index (κ3) is 6.54. The molecule has 5 heteroatoms. The molecule has 4 rings (SSSR count). The van der Waals surface area contributed by atoms with Crippen LogP contribution in [0.4, 0.5) is 14.5 Å². The van der Waals surface area contributed by atoms with Crippen LogP contribution in [-0.2, 0) is 7.05 Å². The largest absolute Gasteiger partial charge is 1.00 e. The second-order valence-electron chi connectivity index (χ2n) is 8.47. The molecule has 0 N–H and O–H groups in total. The van der Waals surface area contributed by atoms with Crippen molar-refractivity contribution in [1.29, 1.82) is 0 Å². The molecule has 0 radical (unpaired) electrons. The topological polar surface area (TPSA) is 7.12 Å². The highest BCUT2D eigenvalue weighted by molar-refractivity contribution is 5.74. The Morgan fingerprint density at radius 1 is 0.743 bits per heavy atom. The second-order valence-corrected chi connectivity index (χ2v) is 8.47. The lowest BCUT2D eigenvalue weighted by atomic mass is 10.0. The van der Waals surface area contributed by atoms with Crippen molar-refractivity contribution in [3.8, 4) is 22.4 Å². The van der Waals surface area contributed by atoms with E-state index in [1.165, 1.54) is 30.0 Å². The van der Waals surface area contributed by atoms with Crippen molar-refractivity contribution in [1.82, 2.24) is 0 Å². The maximum Gasteiger partial charge on any atom is 0.213 e. The van der Waals surface area contributed by atoms with E-state index in [4.69, 9.17) is 0 Å². The molecule has 0 saturated carbocycles. The average Bonchev–Trinajstić information content (AvgIpc) is 2.85. The van der Waals surface area contributed by atoms with Crippen molar-refractivity contribution in [2.24, 2.45) is 7.05 Å². The van der Waals surface area contributed by atoms with Crippen LogP contribution in [-0.4, -0.2) is 13.6 Å². The molecule has 1 aromatic heterocycles. The van der Waals surface area contributed by atoms with Crippen LogP contribution in [0.1, 0.15) is 24.6 Å². The molecule has 0 spiro atoms. The van der Waals surface area contributed by atoms with Gasteiger partial charge in [-0.2, -0.15) is 4.57 Å². The summed E-state index contributed by atoms with van der Waals surface area (Å²) in [6, 6.07) is 25.6. The van der Waals surface area contributed by atoms with Crippen LogP contribution in [0.25, 0.3) is 34.5 Å². The minimum absolute atomic E-state index is 0. The Labute approximate surface area is 223 Å². The number of pyridine rings is 1. The number of nitrogens with zero attached hydrogens (tertiary/aromatic N) is 2. The van der Waals surface area contributed by atoms with E-state index in [-0.39, 0.29) is 35.6 Å². The van der Waals surface area contributed by atoms with Crippen LogP contribution in [0.15, 0.2) is 84.9 Å². The Kier molecular flexibility index (Phi) is 9.15. The third-order valence-electron chi connectivity index (χ3n) is 6.00.